The molecule has 0 aliphatic heterocycles. The topological polar surface area (TPSA) is 92.2 Å². The number of pyridine rings is 2. The number of aromatic carboxylic acids is 1. The van der Waals surface area contributed by atoms with E-state index in [1.165, 1.54) is 18.5 Å². The Hall–Kier alpha value is -2.76. The fourth-order valence-electron chi connectivity index (χ4n) is 1.43. The van der Waals surface area contributed by atoms with Crippen LogP contribution in [-0.2, 0) is 6.54 Å². The van der Waals surface area contributed by atoms with E-state index in [4.69, 9.17) is 5.11 Å². The van der Waals surface area contributed by atoms with Gasteiger partial charge in [-0.2, -0.15) is 0 Å². The van der Waals surface area contributed by atoms with Gasteiger partial charge < -0.3 is 10.4 Å². The molecule has 0 bridgehead atoms. The molecule has 0 saturated carbocycles. The number of nitrogens with zero attached hydrogens (tertiary/aromatic N) is 2. The summed E-state index contributed by atoms with van der Waals surface area (Å²) in [5.74, 6) is -1.37. The van der Waals surface area contributed by atoms with Crippen molar-refractivity contribution < 1.29 is 14.7 Å². The number of rotatable bonds is 4. The van der Waals surface area contributed by atoms with Crippen LogP contribution >= 0.6 is 0 Å². The number of hydrogen-bond acceptors (Lipinski definition) is 4. The molecule has 19 heavy (non-hydrogen) atoms. The average molecular weight is 257 g/mol. The van der Waals surface area contributed by atoms with E-state index in [1.807, 2.05) is 0 Å². The molecule has 0 aromatic carbocycles. The predicted octanol–water partition coefficient (Wildman–Crippen LogP) is 1.10. The fourth-order valence-corrected chi connectivity index (χ4v) is 1.43. The van der Waals surface area contributed by atoms with Gasteiger partial charge in [-0.3, -0.25) is 9.78 Å². The molecule has 0 unspecified atom stereocenters. The van der Waals surface area contributed by atoms with Crippen LogP contribution in [0.5, 0.6) is 0 Å². The minimum atomic E-state index is -1.08. The van der Waals surface area contributed by atoms with Crippen molar-refractivity contribution in [2.45, 2.75) is 6.54 Å². The number of aromatic nitrogens is 2. The average Bonchev–Trinajstić information content (AvgIpc) is 2.46. The maximum Gasteiger partial charge on any atom is 0.354 e. The summed E-state index contributed by atoms with van der Waals surface area (Å²) in [4.78, 5) is 30.0. The molecule has 6 heteroatoms. The van der Waals surface area contributed by atoms with Crippen molar-refractivity contribution in [3.63, 3.8) is 0 Å². The van der Waals surface area contributed by atoms with Crippen molar-refractivity contribution in [2.24, 2.45) is 0 Å². The molecule has 0 aliphatic rings. The van der Waals surface area contributed by atoms with Crippen LogP contribution in [0.25, 0.3) is 0 Å². The molecule has 96 valence electrons. The third-order valence-corrected chi connectivity index (χ3v) is 2.39. The molecular weight excluding hydrogens is 246 g/mol. The third-order valence-electron chi connectivity index (χ3n) is 2.39. The first-order chi connectivity index (χ1) is 9.16. The summed E-state index contributed by atoms with van der Waals surface area (Å²) in [6.07, 6.45) is 2.96. The van der Waals surface area contributed by atoms with Gasteiger partial charge in [-0.15, -0.1) is 0 Å². The van der Waals surface area contributed by atoms with E-state index >= 15 is 0 Å². The molecule has 2 aromatic heterocycles. The fraction of sp³-hybridized carbons (Fsp3) is 0.0769. The Kier molecular flexibility index (Phi) is 3.82. The lowest BCUT2D eigenvalue weighted by Gasteiger charge is -2.04. The van der Waals surface area contributed by atoms with E-state index in [0.29, 0.717) is 11.3 Å². The lowest BCUT2D eigenvalue weighted by Crippen LogP contribution is -2.23. The molecule has 0 radical (unpaired) electrons. The lowest BCUT2D eigenvalue weighted by atomic mass is 10.2. The molecule has 2 rings (SSSR count). The Balaban J connectivity index is 1.95. The predicted molar refractivity (Wildman–Crippen MR) is 66.6 cm³/mol. The zero-order valence-electron chi connectivity index (χ0n) is 9.91. The van der Waals surface area contributed by atoms with Gasteiger partial charge in [-0.05, 0) is 23.8 Å². The second kappa shape index (κ2) is 5.72. The van der Waals surface area contributed by atoms with Gasteiger partial charge in [0.2, 0.25) is 0 Å². The third kappa shape index (κ3) is 3.35. The van der Waals surface area contributed by atoms with Gasteiger partial charge in [0.1, 0.15) is 11.4 Å². The van der Waals surface area contributed by atoms with E-state index in [1.54, 1.807) is 24.3 Å². The molecule has 1 amide bonds. The second-order valence-corrected chi connectivity index (χ2v) is 3.75. The van der Waals surface area contributed by atoms with Gasteiger partial charge in [-0.1, -0.05) is 12.1 Å². The van der Waals surface area contributed by atoms with Crippen molar-refractivity contribution in [3.05, 3.63) is 59.7 Å². The Morgan fingerprint density at radius 3 is 2.53 bits per heavy atom. The number of carboxylic acid groups (broad SMARTS) is 1. The minimum Gasteiger partial charge on any atom is -0.477 e. The maximum atomic E-state index is 11.7. The number of nitrogens with one attached hydrogen (secondary N) is 1. The first-order valence-corrected chi connectivity index (χ1v) is 5.54. The van der Waals surface area contributed by atoms with E-state index in [-0.39, 0.29) is 18.1 Å². The van der Waals surface area contributed by atoms with Gasteiger partial charge in [0.25, 0.3) is 5.91 Å². The summed E-state index contributed by atoms with van der Waals surface area (Å²) in [5.41, 5.74) is 1.02. The van der Waals surface area contributed by atoms with Gasteiger partial charge >= 0.3 is 5.97 Å². The number of carbonyl (C=O) groups excluding carboxylic acids is 1. The maximum absolute atomic E-state index is 11.7. The van der Waals surface area contributed by atoms with Crippen LogP contribution in [0.2, 0.25) is 0 Å². The molecule has 0 saturated heterocycles. The Bertz CT molecular complexity index is 582. The Morgan fingerprint density at radius 2 is 1.95 bits per heavy atom. The number of carboxylic acids is 1. The van der Waals surface area contributed by atoms with E-state index in [2.05, 4.69) is 15.3 Å². The summed E-state index contributed by atoms with van der Waals surface area (Å²) in [5, 5.41) is 11.4. The van der Waals surface area contributed by atoms with E-state index in [0.717, 1.165) is 0 Å². The van der Waals surface area contributed by atoms with Crippen molar-refractivity contribution in [1.29, 1.82) is 0 Å². The SMILES string of the molecule is O=C(O)c1ccc(CNC(=O)c2ccccn2)cn1. The Morgan fingerprint density at radius 1 is 1.11 bits per heavy atom. The second-order valence-electron chi connectivity index (χ2n) is 3.75. The summed E-state index contributed by atoms with van der Waals surface area (Å²) < 4.78 is 0. The van der Waals surface area contributed by atoms with E-state index < -0.39 is 5.97 Å². The summed E-state index contributed by atoms with van der Waals surface area (Å²) >= 11 is 0. The number of carbonyl (C=O) groups is 2. The molecule has 0 fully saturated rings. The van der Waals surface area contributed by atoms with Crippen molar-refractivity contribution in [1.82, 2.24) is 15.3 Å². The highest BCUT2D eigenvalue weighted by Gasteiger charge is 2.07. The molecule has 2 N–H and O–H groups in total. The normalized spacial score (nSPS) is 9.89. The van der Waals surface area contributed by atoms with Crippen molar-refractivity contribution in [3.8, 4) is 0 Å². The highest BCUT2D eigenvalue weighted by Crippen LogP contribution is 2.01. The van der Waals surface area contributed by atoms with Crippen LogP contribution in [0.3, 0.4) is 0 Å². The monoisotopic (exact) mass is 257 g/mol. The first-order valence-electron chi connectivity index (χ1n) is 5.54. The summed E-state index contributed by atoms with van der Waals surface area (Å²) in [6.45, 7) is 0.266. The van der Waals surface area contributed by atoms with Crippen LogP contribution in [0.4, 0.5) is 0 Å². The highest BCUT2D eigenvalue weighted by atomic mass is 16.4. The smallest absolute Gasteiger partial charge is 0.354 e. The molecule has 6 nitrogen and oxygen atoms in total. The minimum absolute atomic E-state index is 0.0280. The molecule has 2 aromatic rings. The first kappa shape index (κ1) is 12.7. The molecule has 0 atom stereocenters. The van der Waals surface area contributed by atoms with E-state index in [9.17, 15) is 9.59 Å². The molecule has 2 heterocycles. The molecule has 0 aliphatic carbocycles. The van der Waals surface area contributed by atoms with Crippen LogP contribution in [-0.4, -0.2) is 27.0 Å². The quantitative estimate of drug-likeness (QED) is 0.855. The van der Waals surface area contributed by atoms with Crippen molar-refractivity contribution in [2.75, 3.05) is 0 Å². The number of hydrogen-bond donors (Lipinski definition) is 2. The van der Waals surface area contributed by atoms with Gasteiger partial charge in [0, 0.05) is 18.9 Å². The van der Waals surface area contributed by atoms with Crippen LogP contribution in [0.15, 0.2) is 42.7 Å². The van der Waals surface area contributed by atoms with Crippen molar-refractivity contribution >= 4 is 11.9 Å². The zero-order chi connectivity index (χ0) is 13.7. The van der Waals surface area contributed by atoms with Crippen LogP contribution in [0, 0.1) is 0 Å². The zero-order valence-corrected chi connectivity index (χ0v) is 9.91. The Labute approximate surface area is 109 Å². The summed E-state index contributed by atoms with van der Waals surface area (Å²) in [7, 11) is 0. The standard InChI is InChI=1S/C13H11N3O3/c17-12(10-3-1-2-6-14-10)16-8-9-4-5-11(13(18)19)15-7-9/h1-7H,8H2,(H,16,17)(H,18,19). The molecular formula is C13H11N3O3. The highest BCUT2D eigenvalue weighted by molar-refractivity contribution is 5.92. The largest absolute Gasteiger partial charge is 0.477 e. The van der Waals surface area contributed by atoms with Crippen LogP contribution < -0.4 is 5.32 Å². The van der Waals surface area contributed by atoms with Gasteiger partial charge in [0.15, 0.2) is 0 Å². The number of amides is 1. The van der Waals surface area contributed by atoms with Gasteiger partial charge in [0.05, 0.1) is 0 Å². The van der Waals surface area contributed by atoms with Crippen LogP contribution in [0.1, 0.15) is 26.5 Å². The molecule has 0 spiro atoms. The lowest BCUT2D eigenvalue weighted by molar-refractivity contribution is 0.0690. The summed E-state index contributed by atoms with van der Waals surface area (Å²) in [6, 6.07) is 8.07. The van der Waals surface area contributed by atoms with Gasteiger partial charge in [-0.25, -0.2) is 9.78 Å².